The molecule has 0 unspecified atom stereocenters. The van der Waals surface area contributed by atoms with E-state index in [2.05, 4.69) is 182 Å². The molecule has 10 rings (SSSR count). The Kier molecular flexibility index (Phi) is 7.85. The first kappa shape index (κ1) is 31.6. The quantitative estimate of drug-likeness (QED) is 0.163. The Bertz CT molecular complexity index is 2630. The molecule has 2 heterocycles. The molecule has 2 aromatic heterocycles. The van der Waals surface area contributed by atoms with Crippen LogP contribution in [0.2, 0.25) is 0 Å². The average Bonchev–Trinajstić information content (AvgIpc) is 3.26. The van der Waals surface area contributed by atoms with Gasteiger partial charge >= 0.3 is 0 Å². The summed E-state index contributed by atoms with van der Waals surface area (Å²) in [6.07, 6.45) is 3.74. The summed E-state index contributed by atoms with van der Waals surface area (Å²) in [6, 6.07) is 69.9. The number of aromatic nitrogens is 2. The van der Waals surface area contributed by atoms with Gasteiger partial charge in [-0.1, -0.05) is 121 Å². The van der Waals surface area contributed by atoms with Crippen molar-refractivity contribution < 1.29 is 0 Å². The smallest absolute Gasteiger partial charge is 0.0702 e. The van der Waals surface area contributed by atoms with Crippen molar-refractivity contribution in [1.82, 2.24) is 9.97 Å². The fourth-order valence-electron chi connectivity index (χ4n) is 7.95. The predicted octanol–water partition coefficient (Wildman–Crippen LogP) is 13.9. The Morgan fingerprint density at radius 1 is 0.222 bits per heavy atom. The van der Waals surface area contributed by atoms with Crippen LogP contribution in [0.25, 0.3) is 99.3 Å². The van der Waals surface area contributed by atoms with Crippen molar-refractivity contribution in [3.63, 3.8) is 0 Å². The van der Waals surface area contributed by atoms with E-state index in [9.17, 15) is 0 Å². The number of benzene rings is 8. The minimum absolute atomic E-state index is 0.958. The molecule has 2 heteroatoms. The van der Waals surface area contributed by atoms with E-state index >= 15 is 0 Å². The van der Waals surface area contributed by atoms with Gasteiger partial charge in [0.2, 0.25) is 0 Å². The lowest BCUT2D eigenvalue weighted by Crippen LogP contribution is -1.92. The van der Waals surface area contributed by atoms with E-state index in [4.69, 9.17) is 9.97 Å². The van der Waals surface area contributed by atoms with Crippen LogP contribution in [0, 0.1) is 0 Å². The van der Waals surface area contributed by atoms with Gasteiger partial charge in [0.25, 0.3) is 0 Å². The maximum atomic E-state index is 4.76. The monoisotopic (exact) mass is 686 g/mol. The number of pyridine rings is 2. The molecule has 0 radical (unpaired) electrons. The second-order valence-corrected chi connectivity index (χ2v) is 13.8. The number of hydrogen-bond donors (Lipinski definition) is 0. The predicted molar refractivity (Wildman–Crippen MR) is 227 cm³/mol. The zero-order valence-electron chi connectivity index (χ0n) is 29.5. The molecular weight excluding hydrogens is 653 g/mol. The van der Waals surface area contributed by atoms with Crippen LogP contribution in [0.15, 0.2) is 207 Å². The Balaban J connectivity index is 1.25. The molecule has 0 saturated heterocycles. The van der Waals surface area contributed by atoms with Crippen LogP contribution >= 0.6 is 0 Å². The summed E-state index contributed by atoms with van der Waals surface area (Å²) in [5, 5.41) is 7.36. The first-order valence-corrected chi connectivity index (χ1v) is 18.4. The maximum Gasteiger partial charge on any atom is 0.0702 e. The van der Waals surface area contributed by atoms with Gasteiger partial charge in [-0.2, -0.15) is 0 Å². The molecule has 8 aromatic carbocycles. The summed E-state index contributed by atoms with van der Waals surface area (Å²) in [4.78, 5) is 9.51. The second-order valence-electron chi connectivity index (χ2n) is 13.8. The second kappa shape index (κ2) is 13.4. The van der Waals surface area contributed by atoms with Crippen LogP contribution in [0.4, 0.5) is 0 Å². The van der Waals surface area contributed by atoms with E-state index in [0.717, 1.165) is 22.5 Å². The molecule has 10 aromatic rings. The van der Waals surface area contributed by atoms with E-state index < -0.39 is 0 Å². The largest absolute Gasteiger partial charge is 0.256 e. The fraction of sp³-hybridized carbons (Fsp3) is 0. The molecule has 252 valence electrons. The van der Waals surface area contributed by atoms with Crippen LogP contribution in [-0.2, 0) is 0 Å². The summed E-state index contributed by atoms with van der Waals surface area (Å²) < 4.78 is 0. The van der Waals surface area contributed by atoms with Crippen LogP contribution in [0.3, 0.4) is 0 Å². The van der Waals surface area contributed by atoms with Gasteiger partial charge in [0.15, 0.2) is 0 Å². The Hall–Kier alpha value is -7.16. The molecule has 0 aliphatic rings. The molecule has 0 atom stereocenters. The highest BCUT2D eigenvalue weighted by molar-refractivity contribution is 6.24. The molecule has 0 N–H and O–H groups in total. The van der Waals surface area contributed by atoms with Gasteiger partial charge in [0.05, 0.1) is 11.4 Å². The fourth-order valence-corrected chi connectivity index (χ4v) is 7.95. The zero-order chi connectivity index (χ0) is 35.8. The minimum atomic E-state index is 0.958. The lowest BCUT2D eigenvalue weighted by atomic mass is 9.86. The van der Waals surface area contributed by atoms with Crippen molar-refractivity contribution in [1.29, 1.82) is 0 Å². The SMILES string of the molecule is c1ccc(-c2cc(-c3ccccn3)cc(-c3cc4c5ccccc5c(-c5cc(-c6ccccc6)cc(-c6ccccn6)c5)cc4c4ccccc34)c2)cc1. The highest BCUT2D eigenvalue weighted by atomic mass is 14.7. The van der Waals surface area contributed by atoms with Gasteiger partial charge in [-0.15, -0.1) is 0 Å². The normalized spacial score (nSPS) is 11.3. The molecule has 54 heavy (non-hydrogen) atoms. The molecule has 0 saturated carbocycles. The third-order valence-electron chi connectivity index (χ3n) is 10.5. The zero-order valence-corrected chi connectivity index (χ0v) is 29.5. The summed E-state index contributed by atoms with van der Waals surface area (Å²) in [5.74, 6) is 0. The van der Waals surface area contributed by atoms with Gasteiger partial charge in [0.1, 0.15) is 0 Å². The molecule has 0 aliphatic heterocycles. The molecule has 0 bridgehead atoms. The third-order valence-corrected chi connectivity index (χ3v) is 10.5. The summed E-state index contributed by atoms with van der Waals surface area (Å²) in [6.45, 7) is 0. The average molecular weight is 687 g/mol. The number of rotatable bonds is 6. The minimum Gasteiger partial charge on any atom is -0.256 e. The standard InChI is InChI=1S/C52H34N2/c1-3-15-35(16-4-1)37-27-39(31-41(29-37)51-23-11-13-25-53-51)47-33-49-46-22-10-8-20-44(46)48(34-50(49)45-21-9-7-19-43(45)47)40-28-38(36-17-5-2-6-18-36)30-42(32-40)52-24-12-14-26-54-52/h1-34H. The summed E-state index contributed by atoms with van der Waals surface area (Å²) in [7, 11) is 0. The number of fused-ring (bicyclic) bond motifs is 5. The van der Waals surface area contributed by atoms with Crippen molar-refractivity contribution in [3.8, 4) is 67.0 Å². The first-order valence-electron chi connectivity index (χ1n) is 18.4. The van der Waals surface area contributed by atoms with E-state index in [1.165, 1.54) is 76.8 Å². The van der Waals surface area contributed by atoms with E-state index in [1.807, 2.05) is 24.5 Å². The van der Waals surface area contributed by atoms with Crippen LogP contribution in [-0.4, -0.2) is 9.97 Å². The van der Waals surface area contributed by atoms with Crippen molar-refractivity contribution in [2.75, 3.05) is 0 Å². The Morgan fingerprint density at radius 2 is 0.574 bits per heavy atom. The molecule has 0 fully saturated rings. The van der Waals surface area contributed by atoms with Crippen molar-refractivity contribution in [3.05, 3.63) is 207 Å². The summed E-state index contributed by atoms with van der Waals surface area (Å²) >= 11 is 0. The molecular formula is C52H34N2. The Morgan fingerprint density at radius 3 is 0.981 bits per heavy atom. The van der Waals surface area contributed by atoms with Gasteiger partial charge in [0, 0.05) is 23.5 Å². The van der Waals surface area contributed by atoms with Gasteiger partial charge in [-0.05, 0) is 150 Å². The molecule has 2 nitrogen and oxygen atoms in total. The lowest BCUT2D eigenvalue weighted by Gasteiger charge is -2.18. The molecule has 0 amide bonds. The van der Waals surface area contributed by atoms with Gasteiger partial charge in [-0.3, -0.25) is 9.97 Å². The molecule has 0 spiro atoms. The van der Waals surface area contributed by atoms with Crippen LogP contribution < -0.4 is 0 Å². The highest BCUT2D eigenvalue weighted by Gasteiger charge is 2.17. The van der Waals surface area contributed by atoms with Crippen molar-refractivity contribution in [2.24, 2.45) is 0 Å². The van der Waals surface area contributed by atoms with E-state index in [0.29, 0.717) is 0 Å². The maximum absolute atomic E-state index is 4.76. The van der Waals surface area contributed by atoms with E-state index in [1.54, 1.807) is 0 Å². The molecule has 0 aliphatic carbocycles. The van der Waals surface area contributed by atoms with Gasteiger partial charge < -0.3 is 0 Å². The Labute approximate surface area is 314 Å². The van der Waals surface area contributed by atoms with E-state index in [-0.39, 0.29) is 0 Å². The highest BCUT2D eigenvalue weighted by Crippen LogP contribution is 2.44. The number of nitrogens with zero attached hydrogens (tertiary/aromatic N) is 2. The van der Waals surface area contributed by atoms with Crippen LogP contribution in [0.1, 0.15) is 0 Å². The van der Waals surface area contributed by atoms with Crippen molar-refractivity contribution >= 4 is 32.3 Å². The van der Waals surface area contributed by atoms with Crippen molar-refractivity contribution in [2.45, 2.75) is 0 Å². The lowest BCUT2D eigenvalue weighted by molar-refractivity contribution is 1.33. The number of hydrogen-bond acceptors (Lipinski definition) is 2. The summed E-state index contributed by atoms with van der Waals surface area (Å²) in [5.41, 5.74) is 13.5. The third kappa shape index (κ3) is 5.71. The topological polar surface area (TPSA) is 25.8 Å². The van der Waals surface area contributed by atoms with Crippen LogP contribution in [0.5, 0.6) is 0 Å². The first-order chi connectivity index (χ1) is 26.8. The van der Waals surface area contributed by atoms with Gasteiger partial charge in [-0.25, -0.2) is 0 Å².